The second-order valence-corrected chi connectivity index (χ2v) is 5.60. The summed E-state index contributed by atoms with van der Waals surface area (Å²) in [5, 5.41) is 10.8. The quantitative estimate of drug-likeness (QED) is 0.473. The van der Waals surface area contributed by atoms with Crippen molar-refractivity contribution in [1.29, 1.82) is 0 Å². The van der Waals surface area contributed by atoms with Gasteiger partial charge >= 0.3 is 0 Å². The molecule has 2 aromatic rings. The normalized spacial score (nSPS) is 10.4. The third kappa shape index (κ3) is 3.56. The third-order valence-electron chi connectivity index (χ3n) is 4.03. The Morgan fingerprint density at radius 3 is 2.43 bits per heavy atom. The van der Waals surface area contributed by atoms with E-state index in [1.54, 1.807) is 6.07 Å². The molecule has 23 heavy (non-hydrogen) atoms. The van der Waals surface area contributed by atoms with Crippen molar-refractivity contribution in [2.75, 3.05) is 6.61 Å². The maximum Gasteiger partial charge on any atom is 0.273 e. The summed E-state index contributed by atoms with van der Waals surface area (Å²) < 4.78 is 5.44. The number of Topliss-reactive ketones (excluding diaryl/α,β-unsaturated/α-hetero) is 1. The fourth-order valence-corrected chi connectivity index (χ4v) is 2.62. The number of nitro benzene ring substituents is 1. The molecule has 0 spiro atoms. The first kappa shape index (κ1) is 16.7. The smallest absolute Gasteiger partial charge is 0.273 e. The summed E-state index contributed by atoms with van der Waals surface area (Å²) in [5.41, 5.74) is 4.71. The van der Waals surface area contributed by atoms with E-state index >= 15 is 0 Å². The molecule has 0 atom stereocenters. The second-order valence-electron chi connectivity index (χ2n) is 5.60. The van der Waals surface area contributed by atoms with Crippen LogP contribution in [-0.2, 0) is 0 Å². The number of nitrogens with zero attached hydrogens (tertiary/aromatic N) is 1. The predicted octanol–water partition coefficient (Wildman–Crippen LogP) is 4.09. The van der Waals surface area contributed by atoms with Gasteiger partial charge in [-0.3, -0.25) is 14.9 Å². The lowest BCUT2D eigenvalue weighted by Gasteiger charge is -2.14. The van der Waals surface area contributed by atoms with Crippen LogP contribution in [0, 0.1) is 37.8 Å². The summed E-state index contributed by atoms with van der Waals surface area (Å²) >= 11 is 0. The Labute approximate surface area is 135 Å². The van der Waals surface area contributed by atoms with Crippen LogP contribution in [0.3, 0.4) is 0 Å². The van der Waals surface area contributed by atoms with Crippen LogP contribution in [0.2, 0.25) is 0 Å². The molecule has 0 bridgehead atoms. The molecule has 5 nitrogen and oxygen atoms in total. The van der Waals surface area contributed by atoms with E-state index in [1.165, 1.54) is 18.2 Å². The van der Waals surface area contributed by atoms with Gasteiger partial charge in [-0.05, 0) is 56.0 Å². The molecule has 120 valence electrons. The lowest BCUT2D eigenvalue weighted by Crippen LogP contribution is -2.15. The molecule has 2 aromatic carbocycles. The molecule has 0 amide bonds. The van der Waals surface area contributed by atoms with E-state index < -0.39 is 4.92 Å². The summed E-state index contributed by atoms with van der Waals surface area (Å²) in [6.07, 6.45) is 0. The van der Waals surface area contributed by atoms with Crippen LogP contribution in [0.15, 0.2) is 30.3 Å². The molecular formula is C18H19NO4. The van der Waals surface area contributed by atoms with E-state index in [4.69, 9.17) is 4.74 Å². The third-order valence-corrected chi connectivity index (χ3v) is 4.03. The highest BCUT2D eigenvalue weighted by Crippen LogP contribution is 2.23. The van der Waals surface area contributed by atoms with Gasteiger partial charge < -0.3 is 4.74 Å². The SMILES string of the molecule is Cc1cc(C)c(C(=O)COc2cccc([N+](=O)[O-])c2)c(C)c1C. The van der Waals surface area contributed by atoms with Gasteiger partial charge in [0.15, 0.2) is 6.61 Å². The fraction of sp³-hybridized carbons (Fsp3) is 0.278. The van der Waals surface area contributed by atoms with Crippen LogP contribution in [0.25, 0.3) is 0 Å². The fourth-order valence-electron chi connectivity index (χ4n) is 2.62. The highest BCUT2D eigenvalue weighted by Gasteiger charge is 2.16. The van der Waals surface area contributed by atoms with Crippen molar-refractivity contribution in [1.82, 2.24) is 0 Å². The lowest BCUT2D eigenvalue weighted by atomic mass is 9.92. The van der Waals surface area contributed by atoms with Crippen molar-refractivity contribution in [2.24, 2.45) is 0 Å². The van der Waals surface area contributed by atoms with Crippen molar-refractivity contribution < 1.29 is 14.5 Å². The Hall–Kier alpha value is -2.69. The number of hydrogen-bond donors (Lipinski definition) is 0. The number of rotatable bonds is 5. The van der Waals surface area contributed by atoms with Gasteiger partial charge in [-0.25, -0.2) is 0 Å². The number of nitro groups is 1. The number of benzene rings is 2. The molecule has 5 heteroatoms. The van der Waals surface area contributed by atoms with Gasteiger partial charge in [0, 0.05) is 11.6 Å². The molecule has 0 fully saturated rings. The van der Waals surface area contributed by atoms with Gasteiger partial charge in [0.05, 0.1) is 11.0 Å². The maximum absolute atomic E-state index is 12.5. The molecule has 0 aliphatic heterocycles. The van der Waals surface area contributed by atoms with Crippen molar-refractivity contribution in [3.8, 4) is 5.75 Å². The topological polar surface area (TPSA) is 69.4 Å². The van der Waals surface area contributed by atoms with E-state index in [9.17, 15) is 14.9 Å². The minimum absolute atomic E-state index is 0.0616. The predicted molar refractivity (Wildman–Crippen MR) is 88.3 cm³/mol. The highest BCUT2D eigenvalue weighted by molar-refractivity contribution is 6.00. The summed E-state index contributed by atoms with van der Waals surface area (Å²) in [5.74, 6) is 0.182. The average Bonchev–Trinajstić information content (AvgIpc) is 2.51. The van der Waals surface area contributed by atoms with E-state index in [2.05, 4.69) is 0 Å². The van der Waals surface area contributed by atoms with Gasteiger partial charge in [-0.1, -0.05) is 12.1 Å². The monoisotopic (exact) mass is 313 g/mol. The van der Waals surface area contributed by atoms with Gasteiger partial charge in [-0.2, -0.15) is 0 Å². The molecule has 0 saturated heterocycles. The van der Waals surface area contributed by atoms with E-state index in [-0.39, 0.29) is 18.1 Å². The molecular weight excluding hydrogens is 294 g/mol. The van der Waals surface area contributed by atoms with Crippen molar-refractivity contribution >= 4 is 11.5 Å². The lowest BCUT2D eigenvalue weighted by molar-refractivity contribution is -0.384. The molecule has 0 aliphatic carbocycles. The van der Waals surface area contributed by atoms with Gasteiger partial charge in [0.1, 0.15) is 5.75 Å². The second kappa shape index (κ2) is 6.60. The van der Waals surface area contributed by atoms with Crippen molar-refractivity contribution in [2.45, 2.75) is 27.7 Å². The molecule has 0 unspecified atom stereocenters. The summed E-state index contributed by atoms with van der Waals surface area (Å²) in [6.45, 7) is 7.69. The van der Waals surface area contributed by atoms with Crippen molar-refractivity contribution in [3.63, 3.8) is 0 Å². The molecule has 0 heterocycles. The van der Waals surface area contributed by atoms with E-state index in [0.29, 0.717) is 11.3 Å². The van der Waals surface area contributed by atoms with Crippen LogP contribution in [-0.4, -0.2) is 17.3 Å². The number of ketones is 1. The molecule has 0 aromatic heterocycles. The standard InChI is InChI=1S/C18H19NO4/c1-11-8-12(2)18(14(4)13(11)3)17(20)10-23-16-7-5-6-15(9-16)19(21)22/h5-9H,10H2,1-4H3. The first-order valence-corrected chi connectivity index (χ1v) is 7.29. The molecule has 0 N–H and O–H groups in total. The summed E-state index contributed by atoms with van der Waals surface area (Å²) in [4.78, 5) is 22.7. The van der Waals surface area contributed by atoms with Crippen LogP contribution < -0.4 is 4.74 Å². The Morgan fingerprint density at radius 1 is 1.09 bits per heavy atom. The zero-order valence-corrected chi connectivity index (χ0v) is 13.7. The number of hydrogen-bond acceptors (Lipinski definition) is 4. The minimum Gasteiger partial charge on any atom is -0.485 e. The number of carbonyl (C=O) groups is 1. The number of non-ortho nitro benzene ring substituents is 1. The molecule has 0 saturated carbocycles. The zero-order chi connectivity index (χ0) is 17.1. The number of carbonyl (C=O) groups excluding carboxylic acids is 1. The van der Waals surface area contributed by atoms with Crippen molar-refractivity contribution in [3.05, 3.63) is 68.3 Å². The van der Waals surface area contributed by atoms with Gasteiger partial charge in [0.2, 0.25) is 5.78 Å². The van der Waals surface area contributed by atoms with Crippen LogP contribution in [0.1, 0.15) is 32.6 Å². The largest absolute Gasteiger partial charge is 0.485 e. The highest BCUT2D eigenvalue weighted by atomic mass is 16.6. The summed E-state index contributed by atoms with van der Waals surface area (Å²) in [6, 6.07) is 7.81. The Bertz CT molecular complexity index is 781. The summed E-state index contributed by atoms with van der Waals surface area (Å²) in [7, 11) is 0. The average molecular weight is 313 g/mol. The Kier molecular flexibility index (Phi) is 4.79. The number of aryl methyl sites for hydroxylation is 2. The minimum atomic E-state index is -0.494. The first-order valence-electron chi connectivity index (χ1n) is 7.29. The van der Waals surface area contributed by atoms with Crippen LogP contribution in [0.5, 0.6) is 5.75 Å². The van der Waals surface area contributed by atoms with Gasteiger partial charge in [-0.15, -0.1) is 0 Å². The Balaban J connectivity index is 2.19. The maximum atomic E-state index is 12.5. The van der Waals surface area contributed by atoms with Gasteiger partial charge in [0.25, 0.3) is 5.69 Å². The van der Waals surface area contributed by atoms with Crippen LogP contribution in [0.4, 0.5) is 5.69 Å². The first-order chi connectivity index (χ1) is 10.8. The van der Waals surface area contributed by atoms with E-state index in [1.807, 2.05) is 33.8 Å². The molecule has 0 radical (unpaired) electrons. The Morgan fingerprint density at radius 2 is 1.78 bits per heavy atom. The van der Waals surface area contributed by atoms with Crippen LogP contribution >= 0.6 is 0 Å². The molecule has 0 aliphatic rings. The van der Waals surface area contributed by atoms with E-state index in [0.717, 1.165) is 22.3 Å². The number of ether oxygens (including phenoxy) is 1. The molecule has 2 rings (SSSR count). The zero-order valence-electron chi connectivity index (χ0n) is 13.7.